The fourth-order valence-electron chi connectivity index (χ4n) is 1.07. The van der Waals surface area contributed by atoms with Crippen LogP contribution in [0.1, 0.15) is 0 Å². The van der Waals surface area contributed by atoms with Gasteiger partial charge in [-0.05, 0) is 0 Å². The van der Waals surface area contributed by atoms with Crippen molar-refractivity contribution < 1.29 is 25.2 Å². The smallest absolute Gasteiger partial charge is 0.114 e. The molecule has 1 saturated heterocycles. The third-order valence-corrected chi connectivity index (χ3v) is 1.76. The molecule has 0 aliphatic carbocycles. The normalized spacial score (nSPS) is 40.9. The average molecular weight is 164 g/mol. The summed E-state index contributed by atoms with van der Waals surface area (Å²) in [7, 11) is 0. The molecule has 4 N–H and O–H groups in total. The van der Waals surface area contributed by atoms with Gasteiger partial charge < -0.3 is 25.2 Å². The van der Waals surface area contributed by atoms with Gasteiger partial charge in [-0.25, -0.2) is 0 Å². The van der Waals surface area contributed by atoms with Crippen LogP contribution in [0.2, 0.25) is 0 Å². The van der Waals surface area contributed by atoms with Gasteiger partial charge in [-0.2, -0.15) is 0 Å². The van der Waals surface area contributed by atoms with Crippen molar-refractivity contribution >= 4 is 0 Å². The third kappa shape index (κ3) is 1.69. The lowest BCUT2D eigenvalue weighted by atomic mass is 10.1. The Balaban J connectivity index is 2.47. The lowest BCUT2D eigenvalue weighted by Crippen LogP contribution is -2.40. The van der Waals surface area contributed by atoms with E-state index in [0.717, 1.165) is 0 Å². The molecule has 0 aromatic carbocycles. The molecule has 1 heterocycles. The van der Waals surface area contributed by atoms with Gasteiger partial charge in [0.1, 0.15) is 24.4 Å². The molecule has 0 saturated carbocycles. The van der Waals surface area contributed by atoms with Gasteiger partial charge >= 0.3 is 0 Å². The van der Waals surface area contributed by atoms with Crippen LogP contribution in [0, 0.1) is 0 Å². The van der Waals surface area contributed by atoms with Gasteiger partial charge in [-0.1, -0.05) is 0 Å². The Morgan fingerprint density at radius 1 is 1.45 bits per heavy atom. The summed E-state index contributed by atoms with van der Waals surface area (Å²) in [5.74, 6) is 0. The van der Waals surface area contributed by atoms with Crippen molar-refractivity contribution in [3.63, 3.8) is 0 Å². The predicted molar refractivity (Wildman–Crippen MR) is 34.8 cm³/mol. The molecule has 1 fully saturated rings. The van der Waals surface area contributed by atoms with E-state index in [1.54, 1.807) is 0 Å². The highest BCUT2D eigenvalue weighted by Crippen LogP contribution is 2.16. The molecule has 11 heavy (non-hydrogen) atoms. The molecule has 0 aromatic heterocycles. The highest BCUT2D eigenvalue weighted by molar-refractivity contribution is 4.87. The topological polar surface area (TPSA) is 90.2 Å². The van der Waals surface area contributed by atoms with Crippen LogP contribution in [0.4, 0.5) is 0 Å². The lowest BCUT2D eigenvalue weighted by molar-refractivity contribution is -0.0684. The molecule has 1 rings (SSSR count). The molecule has 0 bridgehead atoms. The molecule has 5 heteroatoms. The fraction of sp³-hybridized carbons (Fsp3) is 1.00. The zero-order chi connectivity index (χ0) is 8.43. The van der Waals surface area contributed by atoms with Crippen LogP contribution in [0.3, 0.4) is 0 Å². The molecule has 0 amide bonds. The average Bonchev–Trinajstić information content (AvgIpc) is 2.32. The van der Waals surface area contributed by atoms with Gasteiger partial charge in [0.05, 0.1) is 13.2 Å². The van der Waals surface area contributed by atoms with Crippen LogP contribution >= 0.6 is 0 Å². The first-order valence-electron chi connectivity index (χ1n) is 3.43. The monoisotopic (exact) mass is 164 g/mol. The second-order valence-electron chi connectivity index (χ2n) is 2.61. The summed E-state index contributed by atoms with van der Waals surface area (Å²) in [6.07, 6.45) is -4.05. The Morgan fingerprint density at radius 2 is 2.09 bits per heavy atom. The summed E-state index contributed by atoms with van der Waals surface area (Å²) in [6, 6.07) is 0. The summed E-state index contributed by atoms with van der Waals surface area (Å²) in [6.45, 7) is -0.475. The van der Waals surface area contributed by atoms with Crippen molar-refractivity contribution in [1.29, 1.82) is 0 Å². The summed E-state index contributed by atoms with van der Waals surface area (Å²) in [5.41, 5.74) is 0. The van der Waals surface area contributed by atoms with E-state index in [1.165, 1.54) is 0 Å². The van der Waals surface area contributed by atoms with Gasteiger partial charge in [0.15, 0.2) is 0 Å². The third-order valence-electron chi connectivity index (χ3n) is 1.76. The summed E-state index contributed by atoms with van der Waals surface area (Å²) >= 11 is 0. The van der Waals surface area contributed by atoms with Gasteiger partial charge in [0, 0.05) is 0 Å². The molecule has 0 radical (unpaired) electrons. The molecular weight excluding hydrogens is 152 g/mol. The summed E-state index contributed by atoms with van der Waals surface area (Å²) in [4.78, 5) is 0. The van der Waals surface area contributed by atoms with Crippen molar-refractivity contribution in [1.82, 2.24) is 0 Å². The van der Waals surface area contributed by atoms with E-state index in [-0.39, 0.29) is 6.61 Å². The quantitative estimate of drug-likeness (QED) is 0.361. The first-order chi connectivity index (χ1) is 5.16. The second-order valence-corrected chi connectivity index (χ2v) is 2.61. The van der Waals surface area contributed by atoms with Crippen LogP contribution in [0.15, 0.2) is 0 Å². The highest BCUT2D eigenvalue weighted by Gasteiger charge is 2.38. The largest absolute Gasteiger partial charge is 0.394 e. The fourth-order valence-corrected chi connectivity index (χ4v) is 1.07. The van der Waals surface area contributed by atoms with E-state index >= 15 is 0 Å². The number of hydrogen-bond acceptors (Lipinski definition) is 5. The highest BCUT2D eigenvalue weighted by atomic mass is 16.5. The Morgan fingerprint density at radius 3 is 2.45 bits per heavy atom. The van der Waals surface area contributed by atoms with E-state index in [0.29, 0.717) is 0 Å². The van der Waals surface area contributed by atoms with Crippen LogP contribution in [0.5, 0.6) is 0 Å². The number of ether oxygens (including phenoxy) is 1. The Kier molecular flexibility index (Phi) is 2.80. The Hall–Kier alpha value is -0.200. The van der Waals surface area contributed by atoms with Crippen LogP contribution < -0.4 is 0 Å². The molecule has 1 aliphatic rings. The molecular formula is C6H12O5. The molecule has 0 aromatic rings. The first-order valence-corrected chi connectivity index (χ1v) is 3.43. The maximum Gasteiger partial charge on any atom is 0.114 e. The van der Waals surface area contributed by atoms with Crippen molar-refractivity contribution in [2.24, 2.45) is 0 Å². The van der Waals surface area contributed by atoms with E-state index in [1.807, 2.05) is 0 Å². The standard InChI is InChI=1S/C6H12O5/c7-1-3(8)6-5(10)4(9)2-11-6/h3-10H,1-2H2/t3-,4?,5-,6+/m0/s1. The van der Waals surface area contributed by atoms with Crippen LogP contribution in [-0.4, -0.2) is 58.1 Å². The van der Waals surface area contributed by atoms with Crippen molar-refractivity contribution in [2.45, 2.75) is 24.4 Å². The second kappa shape index (κ2) is 3.46. The maximum atomic E-state index is 9.11. The minimum Gasteiger partial charge on any atom is -0.394 e. The molecule has 1 aliphatic heterocycles. The van der Waals surface area contributed by atoms with Crippen molar-refractivity contribution in [3.05, 3.63) is 0 Å². The molecule has 0 spiro atoms. The Labute approximate surface area is 63.8 Å². The zero-order valence-corrected chi connectivity index (χ0v) is 5.92. The minimum absolute atomic E-state index is 0.00287. The predicted octanol–water partition coefficient (Wildman–Crippen LogP) is -2.54. The maximum absolute atomic E-state index is 9.11. The number of rotatable bonds is 2. The molecule has 66 valence electrons. The molecule has 5 nitrogen and oxygen atoms in total. The summed E-state index contributed by atoms with van der Waals surface area (Å²) < 4.78 is 4.82. The van der Waals surface area contributed by atoms with Gasteiger partial charge in [0.2, 0.25) is 0 Å². The van der Waals surface area contributed by atoms with Gasteiger partial charge in [0.25, 0.3) is 0 Å². The van der Waals surface area contributed by atoms with E-state index in [9.17, 15) is 0 Å². The number of hydrogen-bond donors (Lipinski definition) is 4. The van der Waals surface area contributed by atoms with Crippen LogP contribution in [0.25, 0.3) is 0 Å². The lowest BCUT2D eigenvalue weighted by Gasteiger charge is -2.18. The first kappa shape index (κ1) is 8.89. The SMILES string of the molecule is OC[C@H](O)[C@H]1OCC(O)[C@@H]1O. The molecule has 1 unspecified atom stereocenters. The minimum atomic E-state index is -1.12. The van der Waals surface area contributed by atoms with Crippen LogP contribution in [-0.2, 0) is 4.74 Å². The zero-order valence-electron chi connectivity index (χ0n) is 5.92. The van der Waals surface area contributed by atoms with E-state index in [2.05, 4.69) is 0 Å². The van der Waals surface area contributed by atoms with Gasteiger partial charge in [-0.3, -0.25) is 0 Å². The number of aliphatic hydroxyl groups is 4. The summed E-state index contributed by atoms with van der Waals surface area (Å²) in [5, 5.41) is 35.5. The van der Waals surface area contributed by atoms with E-state index in [4.69, 9.17) is 25.2 Å². The van der Waals surface area contributed by atoms with Crippen molar-refractivity contribution in [3.8, 4) is 0 Å². The van der Waals surface area contributed by atoms with Gasteiger partial charge in [-0.15, -0.1) is 0 Å². The van der Waals surface area contributed by atoms with Crippen molar-refractivity contribution in [2.75, 3.05) is 13.2 Å². The number of aliphatic hydroxyl groups excluding tert-OH is 4. The Bertz CT molecular complexity index is 128. The molecule has 4 atom stereocenters. The van der Waals surface area contributed by atoms with E-state index < -0.39 is 31.0 Å².